The van der Waals surface area contributed by atoms with Gasteiger partial charge in [0.15, 0.2) is 0 Å². The molecule has 10 heteroatoms. The van der Waals surface area contributed by atoms with Crippen LogP contribution in [0.15, 0.2) is 87.6 Å². The third kappa shape index (κ3) is 7.58. The van der Waals surface area contributed by atoms with Crippen LogP contribution in [-0.2, 0) is 0 Å². The van der Waals surface area contributed by atoms with E-state index < -0.39 is 0 Å². The topological polar surface area (TPSA) is 49.3 Å². The molecule has 0 amide bonds. The first kappa shape index (κ1) is 30.9. The Morgan fingerprint density at radius 2 is 1.05 bits per heavy atom. The van der Waals surface area contributed by atoms with Gasteiger partial charge in [-0.05, 0) is 52.3 Å². The van der Waals surface area contributed by atoms with E-state index in [1.807, 2.05) is 12.1 Å². The SMILES string of the molecule is COc1ccc(Br)c(OC)c1-c1ccccc1F.COc1cccc(OC)c1-c1ccccc1F.[B]=NS. The quantitative estimate of drug-likeness (QED) is 0.180. The molecule has 0 bridgehead atoms. The van der Waals surface area contributed by atoms with Crippen molar-refractivity contribution in [2.24, 2.45) is 4.30 Å². The van der Waals surface area contributed by atoms with Crippen LogP contribution in [0.3, 0.4) is 0 Å². The van der Waals surface area contributed by atoms with Gasteiger partial charge in [0.2, 0.25) is 0 Å². The summed E-state index contributed by atoms with van der Waals surface area (Å²) < 4.78 is 52.3. The molecular weight excluding hydrogens is 575 g/mol. The van der Waals surface area contributed by atoms with Crippen molar-refractivity contribution in [2.45, 2.75) is 0 Å². The fourth-order valence-electron chi connectivity index (χ4n) is 3.61. The van der Waals surface area contributed by atoms with Crippen LogP contribution >= 0.6 is 28.7 Å². The van der Waals surface area contributed by atoms with E-state index in [9.17, 15) is 8.78 Å². The third-order valence-electron chi connectivity index (χ3n) is 5.21. The summed E-state index contributed by atoms with van der Waals surface area (Å²) in [5.41, 5.74) is 2.16. The van der Waals surface area contributed by atoms with Crippen molar-refractivity contribution in [2.75, 3.05) is 28.4 Å². The summed E-state index contributed by atoms with van der Waals surface area (Å²) in [6, 6.07) is 22.0. The molecule has 4 rings (SSSR count). The number of thiol groups is 1. The van der Waals surface area contributed by atoms with E-state index >= 15 is 0 Å². The first-order valence-corrected chi connectivity index (χ1v) is 12.2. The summed E-state index contributed by atoms with van der Waals surface area (Å²) in [5, 5.41) is 0. The van der Waals surface area contributed by atoms with Gasteiger partial charge in [0.05, 0.1) is 44.0 Å². The van der Waals surface area contributed by atoms with Gasteiger partial charge in [0.1, 0.15) is 34.6 Å². The van der Waals surface area contributed by atoms with E-state index in [2.05, 4.69) is 40.7 Å². The van der Waals surface area contributed by atoms with E-state index in [1.54, 1.807) is 83.0 Å². The van der Waals surface area contributed by atoms with Gasteiger partial charge in [-0.1, -0.05) is 42.5 Å². The molecule has 0 unspecified atom stereocenters. The summed E-state index contributed by atoms with van der Waals surface area (Å²) in [6.07, 6.45) is 0. The van der Waals surface area contributed by atoms with Gasteiger partial charge in [0, 0.05) is 11.1 Å². The zero-order chi connectivity index (χ0) is 28.1. The van der Waals surface area contributed by atoms with Crippen molar-refractivity contribution in [3.8, 4) is 45.3 Å². The fraction of sp³-hybridized carbons (Fsp3) is 0.143. The third-order valence-corrected chi connectivity index (χ3v) is 5.83. The zero-order valence-electron chi connectivity index (χ0n) is 21.2. The predicted molar refractivity (Wildman–Crippen MR) is 155 cm³/mol. The second kappa shape index (κ2) is 15.8. The molecule has 0 saturated carbocycles. The van der Waals surface area contributed by atoms with Gasteiger partial charge >= 0.3 is 24.8 Å². The summed E-state index contributed by atoms with van der Waals surface area (Å²) in [7, 11) is 10.5. The number of benzene rings is 4. The molecule has 0 aromatic heterocycles. The standard InChI is InChI=1S/C14H12BrFO2.C14H13FO2.BHNS/c1-17-12-8-7-10(15)14(18-2)13(12)9-5-3-4-6-11(9)16;1-16-12-8-5-9-13(17-2)14(12)10-6-3-4-7-11(10)15;1-2-3/h3-8H,1-2H3;3-9H,1-2H3;3H. The molecule has 0 aliphatic carbocycles. The monoisotopic (exact) mass is 600 g/mol. The van der Waals surface area contributed by atoms with Crippen molar-refractivity contribution >= 4 is 36.4 Å². The molecule has 197 valence electrons. The Morgan fingerprint density at radius 3 is 1.47 bits per heavy atom. The van der Waals surface area contributed by atoms with Crippen LogP contribution in [0, 0.1) is 11.6 Å². The second-order valence-corrected chi connectivity index (χ2v) is 8.36. The molecule has 0 spiro atoms. The predicted octanol–water partition coefficient (Wildman–Crippen LogP) is 7.97. The van der Waals surface area contributed by atoms with Crippen LogP contribution < -0.4 is 18.9 Å². The molecule has 0 aliphatic heterocycles. The average Bonchev–Trinajstić information content (AvgIpc) is 2.94. The van der Waals surface area contributed by atoms with Crippen molar-refractivity contribution in [1.29, 1.82) is 0 Å². The molecule has 0 aliphatic rings. The van der Waals surface area contributed by atoms with Crippen molar-refractivity contribution in [3.63, 3.8) is 0 Å². The van der Waals surface area contributed by atoms with Gasteiger partial charge in [-0.15, -0.1) is 0 Å². The molecule has 38 heavy (non-hydrogen) atoms. The average molecular weight is 601 g/mol. The molecule has 0 atom stereocenters. The summed E-state index contributed by atoms with van der Waals surface area (Å²) in [5.74, 6) is 1.70. The molecule has 0 fully saturated rings. The summed E-state index contributed by atoms with van der Waals surface area (Å²) in [6.45, 7) is 0. The number of nitrogens with zero attached hydrogens (tertiary/aromatic N) is 1. The number of hydrogen-bond acceptors (Lipinski definition) is 6. The normalized spacial score (nSPS) is 9.66. The molecule has 5 nitrogen and oxygen atoms in total. The number of halogens is 3. The van der Waals surface area contributed by atoms with Crippen LogP contribution in [-0.4, -0.2) is 36.1 Å². The first-order valence-electron chi connectivity index (χ1n) is 11.0. The first-order chi connectivity index (χ1) is 18.4. The van der Waals surface area contributed by atoms with E-state index in [-0.39, 0.29) is 11.6 Å². The van der Waals surface area contributed by atoms with Crippen molar-refractivity contribution in [1.82, 2.24) is 0 Å². The van der Waals surface area contributed by atoms with Crippen LogP contribution in [0.25, 0.3) is 22.3 Å². The van der Waals surface area contributed by atoms with Crippen molar-refractivity contribution < 1.29 is 27.7 Å². The number of methoxy groups -OCH3 is 4. The maximum absolute atomic E-state index is 13.9. The van der Waals surface area contributed by atoms with Crippen LogP contribution in [0.4, 0.5) is 8.78 Å². The minimum absolute atomic E-state index is 0.296. The Kier molecular flexibility index (Phi) is 12.8. The van der Waals surface area contributed by atoms with Gasteiger partial charge in [-0.3, -0.25) is 0 Å². The van der Waals surface area contributed by atoms with E-state index in [4.69, 9.17) is 18.9 Å². The van der Waals surface area contributed by atoms with Crippen LogP contribution in [0.2, 0.25) is 0 Å². The zero-order valence-corrected chi connectivity index (χ0v) is 23.7. The van der Waals surface area contributed by atoms with Crippen LogP contribution in [0.5, 0.6) is 23.0 Å². The molecule has 1 radical (unpaired) electrons. The molecule has 0 N–H and O–H groups in total. The van der Waals surface area contributed by atoms with Gasteiger partial charge < -0.3 is 18.9 Å². The van der Waals surface area contributed by atoms with E-state index in [0.717, 1.165) is 4.47 Å². The Bertz CT molecular complexity index is 1340. The van der Waals surface area contributed by atoms with Gasteiger partial charge in [-0.25, -0.2) is 8.78 Å². The molecular formula is C28H26BBrF2NO4S. The number of rotatable bonds is 6. The molecule has 0 saturated heterocycles. The van der Waals surface area contributed by atoms with Crippen LogP contribution in [0.1, 0.15) is 0 Å². The molecule has 0 heterocycles. The second-order valence-electron chi connectivity index (χ2n) is 7.27. The van der Waals surface area contributed by atoms with Gasteiger partial charge in [0.25, 0.3) is 0 Å². The number of hydrogen-bond donors (Lipinski definition) is 1. The fourth-order valence-corrected chi connectivity index (χ4v) is 4.10. The van der Waals surface area contributed by atoms with Crippen molar-refractivity contribution in [3.05, 3.63) is 95.0 Å². The minimum atomic E-state index is -0.313. The van der Waals surface area contributed by atoms with E-state index in [1.165, 1.54) is 12.1 Å². The Hall–Kier alpha value is -3.37. The Labute approximate surface area is 236 Å². The summed E-state index contributed by atoms with van der Waals surface area (Å²) in [4.78, 5) is 0. The maximum atomic E-state index is 13.9. The Morgan fingerprint density at radius 1 is 0.632 bits per heavy atom. The molecule has 4 aromatic carbocycles. The molecule has 4 aromatic rings. The van der Waals surface area contributed by atoms with E-state index in [0.29, 0.717) is 45.3 Å². The summed E-state index contributed by atoms with van der Waals surface area (Å²) >= 11 is 6.58. The van der Waals surface area contributed by atoms with Gasteiger partial charge in [-0.2, -0.15) is 0 Å². The number of ether oxygens (including phenoxy) is 4. The Balaban J connectivity index is 0.000000242.